The van der Waals surface area contributed by atoms with Gasteiger partial charge in [-0.15, -0.1) is 0 Å². The van der Waals surface area contributed by atoms with Crippen LogP contribution >= 0.6 is 0 Å². The highest BCUT2D eigenvalue weighted by molar-refractivity contribution is 4.67. The monoisotopic (exact) mass is 214 g/mol. The SMILES string of the molecule is CCCCCC(C)NCC(CN)CCC. The van der Waals surface area contributed by atoms with Crippen molar-refractivity contribution in [2.45, 2.75) is 65.3 Å². The first-order valence-electron chi connectivity index (χ1n) is 6.68. The standard InChI is InChI=1S/C13H30N2/c1-4-6-7-9-12(3)15-11-13(10-14)8-5-2/h12-13,15H,4-11,14H2,1-3H3. The lowest BCUT2D eigenvalue weighted by molar-refractivity contribution is 0.402. The summed E-state index contributed by atoms with van der Waals surface area (Å²) in [7, 11) is 0. The second kappa shape index (κ2) is 10.4. The fourth-order valence-corrected chi connectivity index (χ4v) is 1.88. The Morgan fingerprint density at radius 1 is 1.07 bits per heavy atom. The molecule has 0 radical (unpaired) electrons. The van der Waals surface area contributed by atoms with Crippen molar-refractivity contribution in [1.29, 1.82) is 0 Å². The molecule has 3 N–H and O–H groups in total. The molecule has 0 bridgehead atoms. The molecular weight excluding hydrogens is 184 g/mol. The zero-order valence-electron chi connectivity index (χ0n) is 10.9. The summed E-state index contributed by atoms with van der Waals surface area (Å²) < 4.78 is 0. The molecule has 0 saturated heterocycles. The van der Waals surface area contributed by atoms with E-state index in [1.807, 2.05) is 0 Å². The molecule has 0 aliphatic heterocycles. The van der Waals surface area contributed by atoms with Gasteiger partial charge in [-0.2, -0.15) is 0 Å². The quantitative estimate of drug-likeness (QED) is 0.549. The smallest absolute Gasteiger partial charge is 0.00388 e. The summed E-state index contributed by atoms with van der Waals surface area (Å²) in [4.78, 5) is 0. The van der Waals surface area contributed by atoms with Gasteiger partial charge in [0.05, 0.1) is 0 Å². The molecule has 0 aromatic heterocycles. The maximum Gasteiger partial charge on any atom is 0.00388 e. The van der Waals surface area contributed by atoms with E-state index in [0.29, 0.717) is 12.0 Å². The molecule has 0 aromatic rings. The summed E-state index contributed by atoms with van der Waals surface area (Å²) in [6, 6.07) is 0.655. The molecule has 0 aromatic carbocycles. The highest BCUT2D eigenvalue weighted by atomic mass is 14.9. The van der Waals surface area contributed by atoms with E-state index in [0.717, 1.165) is 13.1 Å². The minimum atomic E-state index is 0.655. The first-order valence-corrected chi connectivity index (χ1v) is 6.68. The third-order valence-corrected chi connectivity index (χ3v) is 3.03. The Bertz CT molecular complexity index is 126. The second-order valence-corrected chi connectivity index (χ2v) is 4.70. The molecule has 0 aliphatic carbocycles. The lowest BCUT2D eigenvalue weighted by atomic mass is 10.0. The Morgan fingerprint density at radius 2 is 1.80 bits per heavy atom. The van der Waals surface area contributed by atoms with Crippen LogP contribution in [0.15, 0.2) is 0 Å². The zero-order valence-corrected chi connectivity index (χ0v) is 10.9. The van der Waals surface area contributed by atoms with Crippen LogP contribution in [-0.2, 0) is 0 Å². The largest absolute Gasteiger partial charge is 0.330 e. The van der Waals surface area contributed by atoms with Crippen LogP contribution in [0.25, 0.3) is 0 Å². The molecule has 0 spiro atoms. The van der Waals surface area contributed by atoms with Crippen LogP contribution in [-0.4, -0.2) is 19.1 Å². The molecular formula is C13H30N2. The van der Waals surface area contributed by atoms with Crippen molar-refractivity contribution in [3.05, 3.63) is 0 Å². The summed E-state index contributed by atoms with van der Waals surface area (Å²) in [5.74, 6) is 0.670. The fourth-order valence-electron chi connectivity index (χ4n) is 1.88. The number of hydrogen-bond acceptors (Lipinski definition) is 2. The molecule has 2 heteroatoms. The van der Waals surface area contributed by atoms with Crippen LogP contribution < -0.4 is 11.1 Å². The van der Waals surface area contributed by atoms with E-state index >= 15 is 0 Å². The Balaban J connectivity index is 3.45. The van der Waals surface area contributed by atoms with E-state index in [2.05, 4.69) is 26.1 Å². The van der Waals surface area contributed by atoms with Gasteiger partial charge in [0.25, 0.3) is 0 Å². The first kappa shape index (κ1) is 14.9. The van der Waals surface area contributed by atoms with Gasteiger partial charge in [-0.25, -0.2) is 0 Å². The summed E-state index contributed by atoms with van der Waals surface area (Å²) >= 11 is 0. The third kappa shape index (κ3) is 8.88. The number of nitrogens with one attached hydrogen (secondary N) is 1. The van der Waals surface area contributed by atoms with Crippen LogP contribution in [0.2, 0.25) is 0 Å². The number of rotatable bonds is 10. The Kier molecular flexibility index (Phi) is 10.4. The van der Waals surface area contributed by atoms with E-state index in [1.54, 1.807) is 0 Å². The van der Waals surface area contributed by atoms with Gasteiger partial charge in [0.2, 0.25) is 0 Å². The molecule has 92 valence electrons. The number of nitrogens with two attached hydrogens (primary N) is 1. The van der Waals surface area contributed by atoms with Crippen LogP contribution in [0.4, 0.5) is 0 Å². The van der Waals surface area contributed by atoms with Gasteiger partial charge in [-0.05, 0) is 38.8 Å². The molecule has 0 rings (SSSR count). The van der Waals surface area contributed by atoms with Crippen molar-refractivity contribution in [2.75, 3.05) is 13.1 Å². The molecule has 0 heterocycles. The topological polar surface area (TPSA) is 38.0 Å². The summed E-state index contributed by atoms with van der Waals surface area (Å²) in [6.07, 6.45) is 7.83. The molecule has 0 aliphatic rings. The van der Waals surface area contributed by atoms with Crippen molar-refractivity contribution in [2.24, 2.45) is 11.7 Å². The van der Waals surface area contributed by atoms with Crippen molar-refractivity contribution >= 4 is 0 Å². The molecule has 0 fully saturated rings. The summed E-state index contributed by atoms with van der Waals surface area (Å²) in [5, 5.41) is 3.60. The van der Waals surface area contributed by atoms with Gasteiger partial charge in [0.1, 0.15) is 0 Å². The molecule has 2 nitrogen and oxygen atoms in total. The lowest BCUT2D eigenvalue weighted by Crippen LogP contribution is -2.34. The molecule has 2 atom stereocenters. The third-order valence-electron chi connectivity index (χ3n) is 3.03. The lowest BCUT2D eigenvalue weighted by Gasteiger charge is -2.19. The molecule has 2 unspecified atom stereocenters. The maximum absolute atomic E-state index is 5.73. The van der Waals surface area contributed by atoms with Crippen LogP contribution in [0.3, 0.4) is 0 Å². The minimum Gasteiger partial charge on any atom is -0.330 e. The number of unbranched alkanes of at least 4 members (excludes halogenated alkanes) is 2. The maximum atomic E-state index is 5.73. The van der Waals surface area contributed by atoms with Gasteiger partial charge >= 0.3 is 0 Å². The van der Waals surface area contributed by atoms with Crippen LogP contribution in [0.1, 0.15) is 59.3 Å². The van der Waals surface area contributed by atoms with Gasteiger partial charge < -0.3 is 11.1 Å². The fraction of sp³-hybridized carbons (Fsp3) is 1.00. The predicted octanol–water partition coefficient (Wildman–Crippen LogP) is 2.92. The van der Waals surface area contributed by atoms with Crippen molar-refractivity contribution < 1.29 is 0 Å². The van der Waals surface area contributed by atoms with Gasteiger partial charge in [0.15, 0.2) is 0 Å². The van der Waals surface area contributed by atoms with E-state index in [9.17, 15) is 0 Å². The zero-order chi connectivity index (χ0) is 11.5. The summed E-state index contributed by atoms with van der Waals surface area (Å²) in [5.41, 5.74) is 5.73. The van der Waals surface area contributed by atoms with Gasteiger partial charge in [-0.3, -0.25) is 0 Å². The molecule has 0 saturated carbocycles. The Hall–Kier alpha value is -0.0800. The summed E-state index contributed by atoms with van der Waals surface area (Å²) in [6.45, 7) is 8.69. The van der Waals surface area contributed by atoms with E-state index < -0.39 is 0 Å². The van der Waals surface area contributed by atoms with Gasteiger partial charge in [-0.1, -0.05) is 39.5 Å². The highest BCUT2D eigenvalue weighted by Crippen LogP contribution is 2.06. The van der Waals surface area contributed by atoms with Crippen molar-refractivity contribution in [3.8, 4) is 0 Å². The predicted molar refractivity (Wildman–Crippen MR) is 69.1 cm³/mol. The van der Waals surface area contributed by atoms with Gasteiger partial charge in [0, 0.05) is 6.04 Å². The average Bonchev–Trinajstić information content (AvgIpc) is 2.24. The Labute approximate surface area is 96.0 Å². The second-order valence-electron chi connectivity index (χ2n) is 4.70. The molecule has 0 amide bonds. The van der Waals surface area contributed by atoms with E-state index in [4.69, 9.17) is 5.73 Å². The van der Waals surface area contributed by atoms with Crippen LogP contribution in [0, 0.1) is 5.92 Å². The minimum absolute atomic E-state index is 0.655. The number of hydrogen-bond donors (Lipinski definition) is 2. The highest BCUT2D eigenvalue weighted by Gasteiger charge is 2.07. The van der Waals surface area contributed by atoms with Crippen molar-refractivity contribution in [1.82, 2.24) is 5.32 Å². The first-order chi connectivity index (χ1) is 7.24. The van der Waals surface area contributed by atoms with Crippen LogP contribution in [0.5, 0.6) is 0 Å². The average molecular weight is 214 g/mol. The van der Waals surface area contributed by atoms with E-state index in [-0.39, 0.29) is 0 Å². The van der Waals surface area contributed by atoms with Crippen molar-refractivity contribution in [3.63, 3.8) is 0 Å². The van der Waals surface area contributed by atoms with E-state index in [1.165, 1.54) is 38.5 Å². The molecule has 15 heavy (non-hydrogen) atoms. The Morgan fingerprint density at radius 3 is 2.33 bits per heavy atom. The normalized spacial score (nSPS) is 15.2.